The van der Waals surface area contributed by atoms with Crippen LogP contribution < -0.4 is 15.4 Å². The largest absolute Gasteiger partial charge is 0.461 e. The van der Waals surface area contributed by atoms with Gasteiger partial charge in [-0.05, 0) is 69.3 Å². The number of nitriles is 1. The summed E-state index contributed by atoms with van der Waals surface area (Å²) in [5.74, 6) is -0.715. The third-order valence-electron chi connectivity index (χ3n) is 10.8. The molecule has 0 atom stereocenters. The van der Waals surface area contributed by atoms with Crippen molar-refractivity contribution < 1.29 is 18.3 Å². The molecule has 47 heavy (non-hydrogen) atoms. The van der Waals surface area contributed by atoms with Crippen LogP contribution >= 0.6 is 22.9 Å². The standard InChI is InChI=1S/C34H34ClF2N7O2S/c35-23-13-21-28(27(37)26(23)20-5-6-24(36)29-25(20)22(14-38)30(39)47-29)40-32(46-18-34-8-3-11-44(34)12-4-9-34)41-31(21)43-10-2-1-7-33(17-43)15-42(16-33)19-45/h5-6,13,19H,1-4,7-12,15-18,39H2. The van der Waals surface area contributed by atoms with Crippen molar-refractivity contribution in [2.75, 3.05) is 56.5 Å². The van der Waals surface area contributed by atoms with Gasteiger partial charge in [0, 0.05) is 47.9 Å². The van der Waals surface area contributed by atoms with E-state index in [-0.39, 0.29) is 59.3 Å². The van der Waals surface area contributed by atoms with Gasteiger partial charge in [-0.25, -0.2) is 8.78 Å². The van der Waals surface area contributed by atoms with E-state index in [1.54, 1.807) is 11.0 Å². The molecule has 2 aromatic carbocycles. The van der Waals surface area contributed by atoms with Crippen molar-refractivity contribution >= 4 is 61.2 Å². The summed E-state index contributed by atoms with van der Waals surface area (Å²) in [6.45, 7) is 5.19. The highest BCUT2D eigenvalue weighted by Crippen LogP contribution is 2.47. The fraction of sp³-hybridized carbons (Fsp3) is 0.471. The number of nitrogen functional groups attached to an aromatic ring is 1. The minimum absolute atomic E-state index is 0.0124. The van der Waals surface area contributed by atoms with Crippen molar-refractivity contribution in [3.8, 4) is 23.2 Å². The van der Waals surface area contributed by atoms with Gasteiger partial charge in [-0.15, -0.1) is 11.3 Å². The van der Waals surface area contributed by atoms with E-state index in [1.807, 2.05) is 0 Å². The number of carbonyl (C=O) groups excluding carboxylic acids is 1. The number of aromatic nitrogens is 2. The Bertz CT molecular complexity index is 1960. The summed E-state index contributed by atoms with van der Waals surface area (Å²) in [6.07, 6.45) is 8.11. The van der Waals surface area contributed by atoms with E-state index in [4.69, 9.17) is 27.1 Å². The van der Waals surface area contributed by atoms with E-state index in [0.717, 1.165) is 75.8 Å². The monoisotopic (exact) mass is 677 g/mol. The molecule has 4 aromatic rings. The van der Waals surface area contributed by atoms with Crippen molar-refractivity contribution in [1.29, 1.82) is 5.26 Å². The lowest BCUT2D eigenvalue weighted by Crippen LogP contribution is -2.59. The van der Waals surface area contributed by atoms with Crippen LogP contribution in [-0.4, -0.2) is 77.6 Å². The first-order valence-corrected chi connectivity index (χ1v) is 17.4. The molecule has 2 aromatic heterocycles. The third kappa shape index (κ3) is 4.88. The van der Waals surface area contributed by atoms with Crippen molar-refractivity contribution in [3.05, 3.63) is 40.4 Å². The second-order valence-electron chi connectivity index (χ2n) is 13.6. The number of likely N-dealkylation sites (tertiary alicyclic amines) is 1. The normalized spacial score (nSPS) is 20.4. The zero-order valence-electron chi connectivity index (χ0n) is 25.8. The van der Waals surface area contributed by atoms with Crippen LogP contribution in [0.15, 0.2) is 18.2 Å². The number of benzene rings is 2. The molecule has 0 saturated carbocycles. The molecule has 0 bridgehead atoms. The maximum Gasteiger partial charge on any atom is 0.319 e. The highest BCUT2D eigenvalue weighted by molar-refractivity contribution is 7.23. The summed E-state index contributed by atoms with van der Waals surface area (Å²) >= 11 is 7.86. The molecule has 4 fully saturated rings. The summed E-state index contributed by atoms with van der Waals surface area (Å²) in [5, 5.41) is 10.8. The number of carbonyl (C=O) groups is 1. The Morgan fingerprint density at radius 3 is 2.62 bits per heavy atom. The summed E-state index contributed by atoms with van der Waals surface area (Å²) in [6, 6.07) is 6.48. The number of halogens is 3. The molecule has 8 rings (SSSR count). The molecule has 2 N–H and O–H groups in total. The van der Waals surface area contributed by atoms with E-state index >= 15 is 4.39 Å². The van der Waals surface area contributed by atoms with E-state index in [0.29, 0.717) is 44.0 Å². The topological polar surface area (TPSA) is 112 Å². The Hall–Kier alpha value is -3.79. The maximum atomic E-state index is 17.1. The average molecular weight is 678 g/mol. The number of thiophene rings is 1. The number of ether oxygens (including phenoxy) is 1. The zero-order valence-corrected chi connectivity index (χ0v) is 27.4. The second-order valence-corrected chi connectivity index (χ2v) is 15.1. The molecule has 4 aliphatic heterocycles. The van der Waals surface area contributed by atoms with Gasteiger partial charge in [-0.3, -0.25) is 9.69 Å². The summed E-state index contributed by atoms with van der Waals surface area (Å²) in [7, 11) is 0. The number of amides is 1. The van der Waals surface area contributed by atoms with Gasteiger partial charge in [-0.2, -0.15) is 15.2 Å². The Balaban J connectivity index is 1.28. The van der Waals surface area contributed by atoms with E-state index in [1.165, 1.54) is 12.1 Å². The molecule has 244 valence electrons. The maximum absolute atomic E-state index is 17.1. The predicted octanol–water partition coefficient (Wildman–Crippen LogP) is 6.35. The van der Waals surface area contributed by atoms with Crippen molar-refractivity contribution in [2.45, 2.75) is 50.5 Å². The Morgan fingerprint density at radius 1 is 1.09 bits per heavy atom. The zero-order chi connectivity index (χ0) is 32.5. The van der Waals surface area contributed by atoms with Gasteiger partial charge in [0.05, 0.1) is 20.8 Å². The molecule has 9 nitrogen and oxygen atoms in total. The van der Waals surface area contributed by atoms with Crippen LogP contribution in [0.25, 0.3) is 32.1 Å². The summed E-state index contributed by atoms with van der Waals surface area (Å²) in [5.41, 5.74) is 6.36. The Kier molecular flexibility index (Phi) is 7.42. The van der Waals surface area contributed by atoms with Crippen molar-refractivity contribution in [1.82, 2.24) is 19.8 Å². The molecule has 1 spiro atoms. The minimum Gasteiger partial charge on any atom is -0.461 e. The number of nitrogens with two attached hydrogens (primary N) is 1. The van der Waals surface area contributed by atoms with E-state index in [9.17, 15) is 14.4 Å². The van der Waals surface area contributed by atoms with Crippen LogP contribution in [0.2, 0.25) is 5.02 Å². The molecular formula is C34H34ClF2N7O2S. The number of fused-ring (bicyclic) bond motifs is 3. The van der Waals surface area contributed by atoms with Crippen molar-refractivity contribution in [2.24, 2.45) is 5.41 Å². The number of nitrogens with zero attached hydrogens (tertiary/aromatic N) is 6. The first kappa shape index (κ1) is 30.5. The van der Waals surface area contributed by atoms with Crippen LogP contribution in [0.1, 0.15) is 50.5 Å². The SMILES string of the molecule is N#Cc1c(N)sc2c(F)ccc(-c3c(Cl)cc4c(N5CCCCC6(CN(C=O)C6)C5)nc(OCC56CCCN5CCC6)nc4c3F)c12. The lowest BCUT2D eigenvalue weighted by atomic mass is 9.76. The Labute approximate surface area is 279 Å². The molecule has 0 unspecified atom stereocenters. The molecule has 4 aliphatic rings. The van der Waals surface area contributed by atoms with Crippen LogP contribution in [0.3, 0.4) is 0 Å². The summed E-state index contributed by atoms with van der Waals surface area (Å²) in [4.78, 5) is 27.5. The molecule has 0 radical (unpaired) electrons. The predicted molar refractivity (Wildman–Crippen MR) is 179 cm³/mol. The minimum atomic E-state index is -0.704. The van der Waals surface area contributed by atoms with Crippen LogP contribution in [0.5, 0.6) is 6.01 Å². The molecule has 1 amide bonds. The fourth-order valence-corrected chi connectivity index (χ4v) is 9.82. The number of hydrogen-bond donors (Lipinski definition) is 1. The van der Waals surface area contributed by atoms with E-state index in [2.05, 4.69) is 20.9 Å². The van der Waals surface area contributed by atoms with Crippen LogP contribution in [-0.2, 0) is 4.79 Å². The summed E-state index contributed by atoms with van der Waals surface area (Å²) < 4.78 is 38.5. The molecule has 4 saturated heterocycles. The van der Waals surface area contributed by atoms with Crippen LogP contribution in [0.4, 0.5) is 19.6 Å². The van der Waals surface area contributed by atoms with Gasteiger partial charge in [0.15, 0.2) is 5.82 Å². The Morgan fingerprint density at radius 2 is 1.87 bits per heavy atom. The highest BCUT2D eigenvalue weighted by Gasteiger charge is 2.46. The lowest BCUT2D eigenvalue weighted by Gasteiger charge is -2.50. The van der Waals surface area contributed by atoms with E-state index < -0.39 is 11.6 Å². The quantitative estimate of drug-likeness (QED) is 0.235. The number of hydrogen-bond acceptors (Lipinski definition) is 9. The second kappa shape index (κ2) is 11.4. The highest BCUT2D eigenvalue weighted by atomic mass is 35.5. The molecule has 13 heteroatoms. The first-order chi connectivity index (χ1) is 22.7. The van der Waals surface area contributed by atoms with Gasteiger partial charge in [-0.1, -0.05) is 24.1 Å². The van der Waals surface area contributed by atoms with Gasteiger partial charge < -0.3 is 20.3 Å². The number of anilines is 2. The third-order valence-corrected chi connectivity index (χ3v) is 12.1. The number of rotatable bonds is 6. The molecule has 0 aliphatic carbocycles. The van der Waals surface area contributed by atoms with Gasteiger partial charge in [0.2, 0.25) is 6.41 Å². The smallest absolute Gasteiger partial charge is 0.319 e. The average Bonchev–Trinajstić information content (AvgIpc) is 3.67. The van der Waals surface area contributed by atoms with Gasteiger partial charge in [0.25, 0.3) is 0 Å². The van der Waals surface area contributed by atoms with Crippen molar-refractivity contribution in [3.63, 3.8) is 0 Å². The van der Waals surface area contributed by atoms with Gasteiger partial charge in [0.1, 0.15) is 34.8 Å². The molecule has 6 heterocycles. The lowest BCUT2D eigenvalue weighted by molar-refractivity contribution is -0.129. The fourth-order valence-electron chi connectivity index (χ4n) is 8.58. The molecular weight excluding hydrogens is 644 g/mol. The first-order valence-electron chi connectivity index (χ1n) is 16.2. The van der Waals surface area contributed by atoms with Gasteiger partial charge >= 0.3 is 6.01 Å². The van der Waals surface area contributed by atoms with Crippen LogP contribution in [0, 0.1) is 28.4 Å².